The smallest absolute Gasteiger partial charge is 0.340 e. The molecular formula is C23H23N3O3. The molecule has 0 saturated heterocycles. The van der Waals surface area contributed by atoms with Gasteiger partial charge in [-0.1, -0.05) is 37.3 Å². The number of pyridine rings is 1. The zero-order valence-electron chi connectivity index (χ0n) is 16.4. The first-order valence-electron chi connectivity index (χ1n) is 9.50. The van der Waals surface area contributed by atoms with E-state index in [9.17, 15) is 9.59 Å². The topological polar surface area (TPSA) is 80.3 Å². The molecule has 0 radical (unpaired) electrons. The number of hydrogen-bond acceptors (Lipinski definition) is 5. The van der Waals surface area contributed by atoms with Crippen LogP contribution in [-0.4, -0.2) is 23.5 Å². The van der Waals surface area contributed by atoms with Crippen LogP contribution in [0.2, 0.25) is 0 Å². The number of hydrogen-bond donors (Lipinski definition) is 2. The van der Waals surface area contributed by atoms with Gasteiger partial charge in [0.25, 0.3) is 5.91 Å². The molecular weight excluding hydrogens is 366 g/mol. The third kappa shape index (κ3) is 4.99. The Morgan fingerprint density at radius 3 is 2.45 bits per heavy atom. The molecule has 2 aromatic carbocycles. The molecule has 1 heterocycles. The summed E-state index contributed by atoms with van der Waals surface area (Å²) in [5, 5.41) is 6.05. The molecule has 0 aliphatic heterocycles. The Kier molecular flexibility index (Phi) is 6.58. The van der Waals surface area contributed by atoms with Crippen LogP contribution in [0.1, 0.15) is 40.1 Å². The monoisotopic (exact) mass is 389 g/mol. The van der Waals surface area contributed by atoms with Crippen molar-refractivity contribution in [3.05, 3.63) is 83.6 Å². The highest BCUT2D eigenvalue weighted by atomic mass is 16.5. The van der Waals surface area contributed by atoms with Gasteiger partial charge in [0.2, 0.25) is 0 Å². The lowest BCUT2D eigenvalue weighted by molar-refractivity contribution is 0.0527. The van der Waals surface area contributed by atoms with E-state index in [1.165, 1.54) is 0 Å². The maximum Gasteiger partial charge on any atom is 0.340 e. The molecule has 0 bridgehead atoms. The van der Waals surface area contributed by atoms with E-state index in [1.54, 1.807) is 43.5 Å². The van der Waals surface area contributed by atoms with Crippen molar-refractivity contribution in [3.63, 3.8) is 0 Å². The van der Waals surface area contributed by atoms with E-state index in [4.69, 9.17) is 4.74 Å². The maximum absolute atomic E-state index is 12.7. The number of nitrogens with one attached hydrogen (secondary N) is 2. The highest BCUT2D eigenvalue weighted by Gasteiger charge is 2.14. The molecule has 0 unspecified atom stereocenters. The molecule has 148 valence electrons. The van der Waals surface area contributed by atoms with E-state index in [0.29, 0.717) is 29.2 Å². The highest BCUT2D eigenvalue weighted by Crippen LogP contribution is 2.22. The molecule has 0 saturated carbocycles. The van der Waals surface area contributed by atoms with Gasteiger partial charge in [-0.05, 0) is 49.2 Å². The number of rotatable bonds is 7. The first-order valence-corrected chi connectivity index (χ1v) is 9.50. The predicted molar refractivity (Wildman–Crippen MR) is 114 cm³/mol. The van der Waals surface area contributed by atoms with Gasteiger partial charge in [-0.2, -0.15) is 0 Å². The Labute approximate surface area is 169 Å². The lowest BCUT2D eigenvalue weighted by Gasteiger charge is -2.12. The van der Waals surface area contributed by atoms with Crippen molar-refractivity contribution in [2.24, 2.45) is 0 Å². The van der Waals surface area contributed by atoms with Crippen molar-refractivity contribution in [1.29, 1.82) is 0 Å². The van der Waals surface area contributed by atoms with Crippen molar-refractivity contribution in [1.82, 2.24) is 4.98 Å². The van der Waals surface area contributed by atoms with Gasteiger partial charge in [0.15, 0.2) is 0 Å². The number of aryl methyl sites for hydroxylation is 1. The minimum atomic E-state index is -0.416. The summed E-state index contributed by atoms with van der Waals surface area (Å²) in [6.07, 6.45) is 2.38. The van der Waals surface area contributed by atoms with Crippen molar-refractivity contribution in [3.8, 4) is 0 Å². The average Bonchev–Trinajstić information content (AvgIpc) is 2.75. The number of carbonyl (C=O) groups excluding carboxylic acids is 2. The normalized spacial score (nSPS) is 10.3. The molecule has 6 heteroatoms. The first kappa shape index (κ1) is 20.1. The Balaban J connectivity index is 1.80. The van der Waals surface area contributed by atoms with Gasteiger partial charge in [-0.15, -0.1) is 0 Å². The fourth-order valence-corrected chi connectivity index (χ4v) is 2.90. The zero-order valence-corrected chi connectivity index (χ0v) is 16.4. The molecule has 0 atom stereocenters. The molecule has 2 N–H and O–H groups in total. The minimum Gasteiger partial charge on any atom is -0.462 e. The number of amides is 1. The molecule has 0 aliphatic rings. The molecule has 3 aromatic rings. The quantitative estimate of drug-likeness (QED) is 0.567. The van der Waals surface area contributed by atoms with E-state index in [-0.39, 0.29) is 5.91 Å². The van der Waals surface area contributed by atoms with Crippen LogP contribution in [0.3, 0.4) is 0 Å². The number of esters is 1. The number of nitrogens with zero attached hydrogens (tertiary/aromatic N) is 1. The van der Waals surface area contributed by atoms with Crippen molar-refractivity contribution in [2.75, 3.05) is 17.2 Å². The summed E-state index contributed by atoms with van der Waals surface area (Å²) >= 11 is 0. The summed E-state index contributed by atoms with van der Waals surface area (Å²) in [6.45, 7) is 4.09. The predicted octanol–water partition coefficient (Wildman–Crippen LogP) is 4.82. The van der Waals surface area contributed by atoms with Gasteiger partial charge in [0, 0.05) is 17.4 Å². The fourth-order valence-electron chi connectivity index (χ4n) is 2.90. The van der Waals surface area contributed by atoms with Gasteiger partial charge in [0.1, 0.15) is 5.82 Å². The summed E-state index contributed by atoms with van der Waals surface area (Å²) in [5.41, 5.74) is 3.29. The molecule has 0 aliphatic carbocycles. The van der Waals surface area contributed by atoms with E-state index < -0.39 is 5.97 Å². The van der Waals surface area contributed by atoms with Crippen LogP contribution in [0.5, 0.6) is 0 Å². The molecule has 29 heavy (non-hydrogen) atoms. The Bertz CT molecular complexity index is 1020. The summed E-state index contributed by atoms with van der Waals surface area (Å²) in [6, 6.07) is 18.0. The van der Waals surface area contributed by atoms with Crippen LogP contribution in [-0.2, 0) is 11.2 Å². The summed E-state index contributed by atoms with van der Waals surface area (Å²) in [7, 11) is 0. The second-order valence-corrected chi connectivity index (χ2v) is 6.29. The number of carbonyl (C=O) groups is 2. The third-order valence-electron chi connectivity index (χ3n) is 4.35. The standard InChI is InChI=1S/C23H23N3O3/c1-3-16-9-5-7-11-19(16)26-22(27)17-13-14-24-21(15-17)25-20-12-8-6-10-18(20)23(28)29-4-2/h5-15H,3-4H2,1-2H3,(H,24,25)(H,26,27). The molecule has 1 aromatic heterocycles. The van der Waals surface area contributed by atoms with E-state index in [2.05, 4.69) is 15.6 Å². The van der Waals surface area contributed by atoms with Crippen LogP contribution in [0.4, 0.5) is 17.2 Å². The molecule has 0 fully saturated rings. The lowest BCUT2D eigenvalue weighted by atomic mass is 10.1. The van der Waals surface area contributed by atoms with Crippen LogP contribution in [0.25, 0.3) is 0 Å². The lowest BCUT2D eigenvalue weighted by Crippen LogP contribution is -2.14. The van der Waals surface area contributed by atoms with Crippen molar-refractivity contribution in [2.45, 2.75) is 20.3 Å². The largest absolute Gasteiger partial charge is 0.462 e. The fraction of sp³-hybridized carbons (Fsp3) is 0.174. The average molecular weight is 389 g/mol. The zero-order chi connectivity index (χ0) is 20.6. The molecule has 1 amide bonds. The molecule has 3 rings (SSSR count). The van der Waals surface area contributed by atoms with Gasteiger partial charge in [-0.3, -0.25) is 4.79 Å². The summed E-state index contributed by atoms with van der Waals surface area (Å²) < 4.78 is 5.09. The Hall–Kier alpha value is -3.67. The highest BCUT2D eigenvalue weighted by molar-refractivity contribution is 6.05. The van der Waals surface area contributed by atoms with E-state index >= 15 is 0 Å². The summed E-state index contributed by atoms with van der Waals surface area (Å²) in [5.74, 6) is -0.186. The van der Waals surface area contributed by atoms with Crippen molar-refractivity contribution >= 4 is 29.1 Å². The number of anilines is 3. The van der Waals surface area contributed by atoms with Gasteiger partial charge >= 0.3 is 5.97 Å². The second kappa shape index (κ2) is 9.50. The van der Waals surface area contributed by atoms with Gasteiger partial charge in [-0.25, -0.2) is 9.78 Å². The maximum atomic E-state index is 12.7. The minimum absolute atomic E-state index is 0.227. The number of aromatic nitrogens is 1. The number of ether oxygens (including phenoxy) is 1. The second-order valence-electron chi connectivity index (χ2n) is 6.29. The van der Waals surface area contributed by atoms with E-state index in [0.717, 1.165) is 17.7 Å². The van der Waals surface area contributed by atoms with E-state index in [1.807, 2.05) is 37.3 Å². The number of benzene rings is 2. The first-order chi connectivity index (χ1) is 14.1. The van der Waals surface area contributed by atoms with Gasteiger partial charge < -0.3 is 15.4 Å². The molecule has 6 nitrogen and oxygen atoms in total. The Morgan fingerprint density at radius 2 is 1.69 bits per heavy atom. The number of para-hydroxylation sites is 2. The Morgan fingerprint density at radius 1 is 0.966 bits per heavy atom. The van der Waals surface area contributed by atoms with Crippen LogP contribution in [0, 0.1) is 0 Å². The third-order valence-corrected chi connectivity index (χ3v) is 4.35. The van der Waals surface area contributed by atoms with Gasteiger partial charge in [0.05, 0.1) is 17.9 Å². The summed E-state index contributed by atoms with van der Waals surface area (Å²) in [4.78, 5) is 29.1. The van der Waals surface area contributed by atoms with Crippen LogP contribution in [0.15, 0.2) is 66.9 Å². The van der Waals surface area contributed by atoms with Crippen molar-refractivity contribution < 1.29 is 14.3 Å². The van der Waals surface area contributed by atoms with Crippen LogP contribution >= 0.6 is 0 Å². The van der Waals surface area contributed by atoms with Crippen LogP contribution < -0.4 is 10.6 Å². The molecule has 0 spiro atoms. The SMILES string of the molecule is CCOC(=O)c1ccccc1Nc1cc(C(=O)Nc2ccccc2CC)ccn1.